The number of fused-ring (bicyclic) bond motifs is 1. The lowest BCUT2D eigenvalue weighted by Crippen LogP contribution is -2.45. The van der Waals surface area contributed by atoms with E-state index in [1.54, 1.807) is 0 Å². The predicted molar refractivity (Wildman–Crippen MR) is 115 cm³/mol. The van der Waals surface area contributed by atoms with Crippen LogP contribution in [0.1, 0.15) is 61.3 Å². The van der Waals surface area contributed by atoms with E-state index in [1.165, 1.54) is 6.42 Å². The second-order valence-electron chi connectivity index (χ2n) is 8.22. The van der Waals surface area contributed by atoms with Gasteiger partial charge in [0.2, 0.25) is 17.8 Å². The van der Waals surface area contributed by atoms with Crippen LogP contribution >= 0.6 is 0 Å². The van der Waals surface area contributed by atoms with E-state index in [0.29, 0.717) is 23.9 Å². The van der Waals surface area contributed by atoms with Crippen LogP contribution in [0, 0.1) is 5.92 Å². The molecule has 0 radical (unpaired) electrons. The van der Waals surface area contributed by atoms with Crippen LogP contribution in [0.15, 0.2) is 24.3 Å². The van der Waals surface area contributed by atoms with Gasteiger partial charge in [-0.25, -0.2) is 0 Å². The van der Waals surface area contributed by atoms with E-state index in [1.807, 2.05) is 13.8 Å². The van der Waals surface area contributed by atoms with Crippen molar-refractivity contribution in [3.63, 3.8) is 0 Å². The van der Waals surface area contributed by atoms with Gasteiger partial charge in [-0.15, -0.1) is 0 Å². The average Bonchev–Trinajstić information content (AvgIpc) is 2.60. The van der Waals surface area contributed by atoms with Crippen LogP contribution in [0.3, 0.4) is 0 Å². The number of hydrogen-bond acceptors (Lipinski definition) is 6. The second kappa shape index (κ2) is 9.20. The fourth-order valence-corrected chi connectivity index (χ4v) is 3.33. The Morgan fingerprint density at radius 2 is 1.70 bits per heavy atom. The van der Waals surface area contributed by atoms with Gasteiger partial charge in [0.25, 0.3) is 0 Å². The number of rotatable bonds is 4. The Morgan fingerprint density at radius 1 is 1.04 bits per heavy atom. The van der Waals surface area contributed by atoms with Gasteiger partial charge in [-0.3, -0.25) is 0 Å². The summed E-state index contributed by atoms with van der Waals surface area (Å²) in [7, 11) is 0. The Morgan fingerprint density at radius 3 is 2.37 bits per heavy atom. The zero-order valence-corrected chi connectivity index (χ0v) is 18.0. The number of allylic oxidation sites excluding steroid dienone is 2. The summed E-state index contributed by atoms with van der Waals surface area (Å²) < 4.78 is 0. The molecular formula is C21H36N6. The molecule has 2 aliphatic rings. The van der Waals surface area contributed by atoms with Crippen molar-refractivity contribution in [2.45, 2.75) is 78.9 Å². The lowest BCUT2D eigenvalue weighted by atomic mass is 9.86. The Balaban J connectivity index is 0.00000126. The van der Waals surface area contributed by atoms with Gasteiger partial charge >= 0.3 is 0 Å². The Hall–Kier alpha value is -2.11. The molecule has 1 aromatic rings. The maximum absolute atomic E-state index is 4.74. The molecule has 1 aromatic heterocycles. The molecule has 0 amide bonds. The summed E-state index contributed by atoms with van der Waals surface area (Å²) in [5.41, 5.74) is -0.106. The number of nitrogens with zero attached hydrogens (tertiary/aromatic N) is 4. The molecule has 27 heavy (non-hydrogen) atoms. The third-order valence-electron chi connectivity index (χ3n) is 4.30. The minimum Gasteiger partial charge on any atom is -0.352 e. The van der Waals surface area contributed by atoms with Gasteiger partial charge < -0.3 is 15.5 Å². The Labute approximate surface area is 164 Å². The molecule has 2 atom stereocenters. The van der Waals surface area contributed by atoms with E-state index in [-0.39, 0.29) is 11.6 Å². The third kappa shape index (κ3) is 5.94. The van der Waals surface area contributed by atoms with Crippen LogP contribution in [-0.2, 0) is 0 Å². The van der Waals surface area contributed by atoms with Gasteiger partial charge in [0.15, 0.2) is 0 Å². The Bertz CT molecular complexity index is 659. The fourth-order valence-electron chi connectivity index (χ4n) is 3.33. The van der Waals surface area contributed by atoms with Gasteiger partial charge in [-0.2, -0.15) is 15.0 Å². The molecule has 2 heterocycles. The molecule has 1 aliphatic heterocycles. The van der Waals surface area contributed by atoms with E-state index in [0.717, 1.165) is 18.9 Å². The van der Waals surface area contributed by atoms with E-state index >= 15 is 0 Å². The molecule has 1 fully saturated rings. The third-order valence-corrected chi connectivity index (χ3v) is 4.30. The van der Waals surface area contributed by atoms with Crippen molar-refractivity contribution < 1.29 is 0 Å². The maximum Gasteiger partial charge on any atom is 0.232 e. The minimum atomic E-state index is -0.106. The number of hydrogen-bond donors (Lipinski definition) is 2. The Kier molecular flexibility index (Phi) is 7.22. The zero-order valence-electron chi connectivity index (χ0n) is 18.0. The lowest BCUT2D eigenvalue weighted by molar-refractivity contribution is 0.416. The molecule has 0 bridgehead atoms. The van der Waals surface area contributed by atoms with E-state index in [2.05, 4.69) is 79.4 Å². The summed E-state index contributed by atoms with van der Waals surface area (Å²) in [6.07, 6.45) is 11.2. The summed E-state index contributed by atoms with van der Waals surface area (Å²) in [5.74, 6) is 2.54. The smallest absolute Gasteiger partial charge is 0.232 e. The molecule has 1 saturated heterocycles. The van der Waals surface area contributed by atoms with Crippen LogP contribution in [0.4, 0.5) is 17.8 Å². The molecule has 0 spiro atoms. The topological polar surface area (TPSA) is 66.0 Å². The number of aromatic nitrogens is 3. The van der Waals surface area contributed by atoms with Crippen LogP contribution in [0.25, 0.3) is 0 Å². The first-order valence-electron chi connectivity index (χ1n) is 10.2. The molecule has 6 nitrogen and oxygen atoms in total. The van der Waals surface area contributed by atoms with Gasteiger partial charge in [0, 0.05) is 24.0 Å². The van der Waals surface area contributed by atoms with Crippen LogP contribution in [-0.4, -0.2) is 39.1 Å². The molecule has 1 aliphatic carbocycles. The summed E-state index contributed by atoms with van der Waals surface area (Å²) in [5, 5.41) is 6.71. The minimum absolute atomic E-state index is 0.106. The van der Waals surface area contributed by atoms with Crippen molar-refractivity contribution >= 4 is 17.8 Å². The van der Waals surface area contributed by atoms with Crippen molar-refractivity contribution in [1.29, 1.82) is 0 Å². The van der Waals surface area contributed by atoms with Crippen molar-refractivity contribution in [3.05, 3.63) is 24.3 Å². The first-order chi connectivity index (χ1) is 12.8. The molecule has 0 saturated carbocycles. The van der Waals surface area contributed by atoms with Gasteiger partial charge in [-0.1, -0.05) is 38.2 Å². The number of nitrogens with one attached hydrogen (secondary N) is 2. The summed E-state index contributed by atoms with van der Waals surface area (Å²) in [4.78, 5) is 16.3. The SMILES string of the molecule is CC.CC(C)Nc1nc(NC(C)(C)C)nc(N2CCCC3C=CC=CC32)n1. The number of anilines is 3. The highest BCUT2D eigenvalue weighted by Gasteiger charge is 2.31. The first kappa shape index (κ1) is 21.2. The van der Waals surface area contributed by atoms with Crippen molar-refractivity contribution in [1.82, 2.24) is 15.0 Å². The van der Waals surface area contributed by atoms with Crippen molar-refractivity contribution in [2.75, 3.05) is 22.1 Å². The molecule has 150 valence electrons. The monoisotopic (exact) mass is 372 g/mol. The zero-order chi connectivity index (χ0) is 20.0. The second-order valence-corrected chi connectivity index (χ2v) is 8.22. The van der Waals surface area contributed by atoms with Crippen molar-refractivity contribution in [3.8, 4) is 0 Å². The van der Waals surface area contributed by atoms with Crippen LogP contribution in [0.2, 0.25) is 0 Å². The lowest BCUT2D eigenvalue weighted by Gasteiger charge is -2.40. The highest BCUT2D eigenvalue weighted by atomic mass is 15.3. The van der Waals surface area contributed by atoms with Gasteiger partial charge in [0.1, 0.15) is 0 Å². The summed E-state index contributed by atoms with van der Waals surface area (Å²) in [6.45, 7) is 15.5. The normalized spacial score (nSPS) is 21.4. The van der Waals surface area contributed by atoms with Crippen LogP contribution in [0.5, 0.6) is 0 Å². The molecule has 2 unspecified atom stereocenters. The molecular weight excluding hydrogens is 336 g/mol. The molecule has 3 rings (SSSR count). The van der Waals surface area contributed by atoms with E-state index in [9.17, 15) is 0 Å². The number of piperidine rings is 1. The van der Waals surface area contributed by atoms with Gasteiger partial charge in [0.05, 0.1) is 6.04 Å². The maximum atomic E-state index is 4.74. The van der Waals surface area contributed by atoms with E-state index < -0.39 is 0 Å². The molecule has 6 heteroatoms. The first-order valence-corrected chi connectivity index (χ1v) is 10.2. The highest BCUT2D eigenvalue weighted by Crippen LogP contribution is 2.31. The summed E-state index contributed by atoms with van der Waals surface area (Å²) in [6, 6.07) is 0.597. The average molecular weight is 373 g/mol. The highest BCUT2D eigenvalue weighted by molar-refractivity contribution is 5.47. The van der Waals surface area contributed by atoms with Gasteiger partial charge in [-0.05, 0) is 47.5 Å². The summed E-state index contributed by atoms with van der Waals surface area (Å²) >= 11 is 0. The van der Waals surface area contributed by atoms with Crippen molar-refractivity contribution in [2.24, 2.45) is 5.92 Å². The quantitative estimate of drug-likeness (QED) is 0.803. The predicted octanol–water partition coefficient (Wildman–Crippen LogP) is 4.64. The standard InChI is InChI=1S/C19H30N6.C2H6/c1-13(2)20-16-21-17(24-19(3,4)5)23-18(22-16)25-12-8-10-14-9-6-7-11-15(14)25;1-2/h6-7,9,11,13-15H,8,10,12H2,1-5H3,(H2,20,21,22,23,24);1-2H3. The molecule has 0 aromatic carbocycles. The largest absolute Gasteiger partial charge is 0.352 e. The van der Waals surface area contributed by atoms with E-state index in [4.69, 9.17) is 9.97 Å². The fraction of sp³-hybridized carbons (Fsp3) is 0.667. The van der Waals surface area contributed by atoms with Crippen LogP contribution < -0.4 is 15.5 Å². The molecule has 2 N–H and O–H groups in total.